The lowest BCUT2D eigenvalue weighted by molar-refractivity contribution is -0.140. The van der Waals surface area contributed by atoms with Crippen molar-refractivity contribution in [2.45, 2.75) is 24.9 Å². The monoisotopic (exact) mass is 314 g/mol. The van der Waals surface area contributed by atoms with Crippen molar-refractivity contribution < 1.29 is 14.3 Å². The van der Waals surface area contributed by atoms with Crippen molar-refractivity contribution in [2.24, 2.45) is 5.92 Å². The SMILES string of the molecule is O=C1CO[C@H]2CCN(C(=O)N3CC(c4ccccc4)C3)C[C@H]2C1. The van der Waals surface area contributed by atoms with Crippen molar-refractivity contribution in [1.82, 2.24) is 9.80 Å². The lowest BCUT2D eigenvalue weighted by Gasteiger charge is -2.46. The summed E-state index contributed by atoms with van der Waals surface area (Å²) >= 11 is 0. The van der Waals surface area contributed by atoms with Crippen LogP contribution in [0.5, 0.6) is 0 Å². The van der Waals surface area contributed by atoms with Gasteiger partial charge in [0, 0.05) is 44.4 Å². The minimum Gasteiger partial charge on any atom is -0.370 e. The summed E-state index contributed by atoms with van der Waals surface area (Å²) in [5.41, 5.74) is 1.31. The Morgan fingerprint density at radius 2 is 1.87 bits per heavy atom. The number of Topliss-reactive ketones (excluding diaryl/α,β-unsaturated/α-hetero) is 1. The van der Waals surface area contributed by atoms with E-state index in [1.165, 1.54) is 5.56 Å². The molecular formula is C18H22N2O3. The van der Waals surface area contributed by atoms with Crippen LogP contribution in [-0.4, -0.2) is 60.5 Å². The quantitative estimate of drug-likeness (QED) is 0.795. The van der Waals surface area contributed by atoms with Crippen molar-refractivity contribution in [2.75, 3.05) is 32.8 Å². The summed E-state index contributed by atoms with van der Waals surface area (Å²) in [5, 5.41) is 0. The molecule has 3 saturated heterocycles. The first kappa shape index (κ1) is 14.7. The van der Waals surface area contributed by atoms with Gasteiger partial charge in [-0.3, -0.25) is 4.79 Å². The molecule has 5 heteroatoms. The van der Waals surface area contributed by atoms with E-state index in [4.69, 9.17) is 4.74 Å². The number of rotatable bonds is 1. The number of hydrogen-bond donors (Lipinski definition) is 0. The van der Waals surface area contributed by atoms with Crippen molar-refractivity contribution in [1.29, 1.82) is 0 Å². The highest BCUT2D eigenvalue weighted by molar-refractivity contribution is 5.81. The third-order valence-electron chi connectivity index (χ3n) is 5.31. The first-order valence-electron chi connectivity index (χ1n) is 8.43. The Hall–Kier alpha value is -1.88. The third-order valence-corrected chi connectivity index (χ3v) is 5.31. The molecule has 3 aliphatic rings. The van der Waals surface area contributed by atoms with Crippen LogP contribution in [0, 0.1) is 5.92 Å². The average Bonchev–Trinajstić information content (AvgIpc) is 2.53. The number of fused-ring (bicyclic) bond motifs is 1. The zero-order valence-electron chi connectivity index (χ0n) is 13.2. The molecular weight excluding hydrogens is 292 g/mol. The van der Waals surface area contributed by atoms with Crippen LogP contribution in [0.25, 0.3) is 0 Å². The van der Waals surface area contributed by atoms with Crippen LogP contribution in [0.1, 0.15) is 24.3 Å². The molecule has 3 aliphatic heterocycles. The molecule has 3 heterocycles. The van der Waals surface area contributed by atoms with Crippen molar-refractivity contribution in [3.05, 3.63) is 35.9 Å². The minimum atomic E-state index is 0.119. The number of hydrogen-bond acceptors (Lipinski definition) is 3. The second-order valence-electron chi connectivity index (χ2n) is 6.88. The molecule has 0 aromatic heterocycles. The molecule has 3 fully saturated rings. The smallest absolute Gasteiger partial charge is 0.320 e. The summed E-state index contributed by atoms with van der Waals surface area (Å²) in [6.07, 6.45) is 1.56. The number of carbonyl (C=O) groups excluding carboxylic acids is 2. The van der Waals surface area contributed by atoms with Gasteiger partial charge in [-0.25, -0.2) is 4.79 Å². The second-order valence-corrected chi connectivity index (χ2v) is 6.88. The molecule has 0 N–H and O–H groups in total. The number of piperidine rings is 1. The van der Waals surface area contributed by atoms with E-state index in [9.17, 15) is 9.59 Å². The van der Waals surface area contributed by atoms with Gasteiger partial charge in [-0.1, -0.05) is 30.3 Å². The maximum absolute atomic E-state index is 12.6. The van der Waals surface area contributed by atoms with Crippen LogP contribution in [0.3, 0.4) is 0 Å². The van der Waals surface area contributed by atoms with Gasteiger partial charge in [0.15, 0.2) is 5.78 Å². The van der Waals surface area contributed by atoms with Gasteiger partial charge in [0.25, 0.3) is 0 Å². The van der Waals surface area contributed by atoms with E-state index < -0.39 is 0 Å². The minimum absolute atomic E-state index is 0.119. The summed E-state index contributed by atoms with van der Waals surface area (Å²) in [7, 11) is 0. The molecule has 2 amide bonds. The van der Waals surface area contributed by atoms with Crippen LogP contribution in [0.15, 0.2) is 30.3 Å². The average molecular weight is 314 g/mol. The van der Waals surface area contributed by atoms with E-state index in [0.717, 1.165) is 26.1 Å². The normalized spacial score (nSPS) is 28.3. The maximum atomic E-state index is 12.6. The summed E-state index contributed by atoms with van der Waals surface area (Å²) in [5.74, 6) is 0.797. The zero-order chi connectivity index (χ0) is 15.8. The number of ketones is 1. The van der Waals surface area contributed by atoms with E-state index in [1.807, 2.05) is 28.0 Å². The Bertz CT molecular complexity index is 598. The molecule has 0 spiro atoms. The van der Waals surface area contributed by atoms with Crippen LogP contribution in [0.4, 0.5) is 4.79 Å². The topological polar surface area (TPSA) is 49.9 Å². The fourth-order valence-electron chi connectivity index (χ4n) is 3.92. The molecule has 0 unspecified atom stereocenters. The molecule has 1 aromatic carbocycles. The lowest BCUT2D eigenvalue weighted by Crippen LogP contribution is -2.58. The highest BCUT2D eigenvalue weighted by atomic mass is 16.5. The Labute approximate surface area is 136 Å². The molecule has 0 saturated carbocycles. The largest absolute Gasteiger partial charge is 0.370 e. The zero-order valence-corrected chi connectivity index (χ0v) is 13.2. The van der Waals surface area contributed by atoms with Gasteiger partial charge in [-0.15, -0.1) is 0 Å². The summed E-state index contributed by atoms with van der Waals surface area (Å²) in [4.78, 5) is 28.0. The summed E-state index contributed by atoms with van der Waals surface area (Å²) in [6, 6.07) is 10.5. The van der Waals surface area contributed by atoms with Crippen LogP contribution >= 0.6 is 0 Å². The number of nitrogens with zero attached hydrogens (tertiary/aromatic N) is 2. The third kappa shape index (κ3) is 2.85. The molecule has 0 radical (unpaired) electrons. The van der Waals surface area contributed by atoms with Crippen molar-refractivity contribution >= 4 is 11.8 Å². The van der Waals surface area contributed by atoms with Gasteiger partial charge in [0.1, 0.15) is 6.61 Å². The fraction of sp³-hybridized carbons (Fsp3) is 0.556. The second kappa shape index (κ2) is 5.96. The van der Waals surface area contributed by atoms with Crippen LogP contribution in [-0.2, 0) is 9.53 Å². The molecule has 122 valence electrons. The van der Waals surface area contributed by atoms with E-state index in [-0.39, 0.29) is 30.4 Å². The number of ether oxygens (including phenoxy) is 1. The van der Waals surface area contributed by atoms with Crippen LogP contribution in [0.2, 0.25) is 0 Å². The number of amides is 2. The van der Waals surface area contributed by atoms with Gasteiger partial charge < -0.3 is 14.5 Å². The molecule has 4 rings (SSSR count). The molecule has 23 heavy (non-hydrogen) atoms. The fourth-order valence-corrected chi connectivity index (χ4v) is 3.92. The van der Waals surface area contributed by atoms with Gasteiger partial charge in [-0.2, -0.15) is 0 Å². The molecule has 0 bridgehead atoms. The van der Waals surface area contributed by atoms with E-state index in [2.05, 4.69) is 12.1 Å². The van der Waals surface area contributed by atoms with Crippen LogP contribution < -0.4 is 0 Å². The van der Waals surface area contributed by atoms with Gasteiger partial charge >= 0.3 is 6.03 Å². The molecule has 2 atom stereocenters. The number of benzene rings is 1. The Kier molecular flexibility index (Phi) is 3.81. The van der Waals surface area contributed by atoms with Crippen molar-refractivity contribution in [3.8, 4) is 0 Å². The molecule has 1 aromatic rings. The predicted octanol–water partition coefficient (Wildman–Crippen LogP) is 1.89. The lowest BCUT2D eigenvalue weighted by atomic mass is 9.87. The first-order chi connectivity index (χ1) is 11.2. The summed E-state index contributed by atoms with van der Waals surface area (Å²) < 4.78 is 5.60. The first-order valence-corrected chi connectivity index (χ1v) is 8.43. The molecule has 5 nitrogen and oxygen atoms in total. The Morgan fingerprint density at radius 3 is 2.65 bits per heavy atom. The van der Waals surface area contributed by atoms with E-state index in [0.29, 0.717) is 18.9 Å². The van der Waals surface area contributed by atoms with Gasteiger partial charge in [0.05, 0.1) is 6.10 Å². The maximum Gasteiger partial charge on any atom is 0.320 e. The Balaban J connectivity index is 1.33. The van der Waals surface area contributed by atoms with Gasteiger partial charge in [-0.05, 0) is 12.0 Å². The highest BCUT2D eigenvalue weighted by Crippen LogP contribution is 2.31. The summed E-state index contributed by atoms with van der Waals surface area (Å²) in [6.45, 7) is 3.23. The standard InChI is InChI=1S/C18H22N2O3/c21-16-8-14-9-19(7-6-17(14)23-12-16)18(22)20-10-15(11-20)13-4-2-1-3-5-13/h1-5,14-15,17H,6-12H2/t14-,17+/m1/s1. The number of carbonyl (C=O) groups is 2. The number of likely N-dealkylation sites (tertiary alicyclic amines) is 2. The highest BCUT2D eigenvalue weighted by Gasteiger charge is 2.40. The van der Waals surface area contributed by atoms with Crippen molar-refractivity contribution in [3.63, 3.8) is 0 Å². The van der Waals surface area contributed by atoms with Gasteiger partial charge in [0.2, 0.25) is 0 Å². The number of urea groups is 1. The predicted molar refractivity (Wildman–Crippen MR) is 85.2 cm³/mol. The Morgan fingerprint density at radius 1 is 1.09 bits per heavy atom. The van der Waals surface area contributed by atoms with E-state index >= 15 is 0 Å². The van der Waals surface area contributed by atoms with E-state index in [1.54, 1.807) is 0 Å². The molecule has 0 aliphatic carbocycles.